The zero-order valence-corrected chi connectivity index (χ0v) is 11.6. The van der Waals surface area contributed by atoms with E-state index in [2.05, 4.69) is 0 Å². The molecule has 5 nitrogen and oxygen atoms in total. The Morgan fingerprint density at radius 1 is 1.55 bits per heavy atom. The van der Waals surface area contributed by atoms with E-state index in [1.54, 1.807) is 30.1 Å². The lowest BCUT2D eigenvalue weighted by Crippen LogP contribution is -2.29. The number of hydrogen-bond donors (Lipinski definition) is 1. The highest BCUT2D eigenvalue weighted by Gasteiger charge is 2.31. The quantitative estimate of drug-likeness (QED) is 0.863. The number of hydrogen-bond acceptors (Lipinski definition) is 3. The Bertz CT molecular complexity index is 570. The van der Waals surface area contributed by atoms with E-state index >= 15 is 0 Å². The maximum Gasteiger partial charge on any atom is 0.328 e. The van der Waals surface area contributed by atoms with Crippen LogP contribution in [0.4, 0.5) is 0 Å². The molecular weight excluding hydrogens is 282 g/mol. The number of likely N-dealkylation sites (N-methyl/N-ethyl adjacent to an activating group) is 1. The monoisotopic (exact) mass is 295 g/mol. The summed E-state index contributed by atoms with van der Waals surface area (Å²) in [6.07, 6.45) is 2.41. The van der Waals surface area contributed by atoms with Crippen LogP contribution in [-0.4, -0.2) is 41.6 Å². The van der Waals surface area contributed by atoms with E-state index in [1.165, 1.54) is 6.08 Å². The fourth-order valence-electron chi connectivity index (χ4n) is 1.98. The first-order valence-electron chi connectivity index (χ1n) is 6.10. The van der Waals surface area contributed by atoms with E-state index in [4.69, 9.17) is 21.4 Å². The first-order valence-corrected chi connectivity index (χ1v) is 6.48. The van der Waals surface area contributed by atoms with Crippen LogP contribution in [0.2, 0.25) is 5.02 Å². The Hall–Kier alpha value is -2.01. The highest BCUT2D eigenvalue weighted by molar-refractivity contribution is 6.32. The molecule has 1 amide bonds. The lowest BCUT2D eigenvalue weighted by atomic mass is 10.1. The van der Waals surface area contributed by atoms with E-state index in [0.717, 1.165) is 6.08 Å². The largest absolute Gasteiger partial charge is 0.478 e. The van der Waals surface area contributed by atoms with E-state index in [-0.39, 0.29) is 5.91 Å². The van der Waals surface area contributed by atoms with Crippen molar-refractivity contribution in [3.05, 3.63) is 34.9 Å². The van der Waals surface area contributed by atoms with Gasteiger partial charge in [-0.3, -0.25) is 4.79 Å². The number of para-hydroxylation sites is 1. The lowest BCUT2D eigenvalue weighted by molar-refractivity contribution is -0.132. The summed E-state index contributed by atoms with van der Waals surface area (Å²) in [7, 11) is 1.71. The van der Waals surface area contributed by atoms with Gasteiger partial charge in [0.15, 0.2) is 6.10 Å². The van der Waals surface area contributed by atoms with E-state index < -0.39 is 12.1 Å². The van der Waals surface area contributed by atoms with Gasteiger partial charge in [0.1, 0.15) is 5.75 Å². The molecular formula is C14H14ClNO4. The smallest absolute Gasteiger partial charge is 0.328 e. The van der Waals surface area contributed by atoms with Crippen molar-refractivity contribution in [2.24, 2.45) is 0 Å². The summed E-state index contributed by atoms with van der Waals surface area (Å²) in [6.45, 7) is 0.633. The minimum absolute atomic E-state index is 0.0990. The standard InChI is InChI=1S/C14H14ClNO4/c1-16-8-7-11(14(16)19)20-13-9(5-6-12(17)18)3-2-4-10(13)15/h2-6,11H,7-8H2,1H3,(H,17,18)/b6-5+. The zero-order valence-electron chi connectivity index (χ0n) is 10.9. The summed E-state index contributed by atoms with van der Waals surface area (Å²) in [5.74, 6) is -0.828. The minimum atomic E-state index is -1.06. The maximum atomic E-state index is 11.8. The molecule has 106 valence electrons. The predicted octanol–water partition coefficient (Wildman–Crippen LogP) is 2.05. The van der Waals surface area contributed by atoms with Crippen molar-refractivity contribution in [2.45, 2.75) is 12.5 Å². The molecule has 2 rings (SSSR count). The third-order valence-electron chi connectivity index (χ3n) is 3.04. The number of benzene rings is 1. The topological polar surface area (TPSA) is 66.8 Å². The Kier molecular flexibility index (Phi) is 4.29. The molecule has 0 aromatic heterocycles. The average Bonchev–Trinajstić information content (AvgIpc) is 2.71. The van der Waals surface area contributed by atoms with Crippen LogP contribution in [0.25, 0.3) is 6.08 Å². The second-order valence-corrected chi connectivity index (χ2v) is 4.89. The average molecular weight is 296 g/mol. The summed E-state index contributed by atoms with van der Waals surface area (Å²) in [5.41, 5.74) is 0.530. The number of carboxylic acids is 1. The normalized spacial score (nSPS) is 18.8. The number of likely N-dealkylation sites (tertiary alicyclic amines) is 1. The molecule has 1 aromatic rings. The van der Waals surface area contributed by atoms with Crippen LogP contribution in [-0.2, 0) is 9.59 Å². The zero-order chi connectivity index (χ0) is 14.7. The Morgan fingerprint density at radius 2 is 2.30 bits per heavy atom. The van der Waals surface area contributed by atoms with Crippen LogP contribution in [0.15, 0.2) is 24.3 Å². The molecule has 1 heterocycles. The number of carboxylic acid groups (broad SMARTS) is 1. The Balaban J connectivity index is 2.26. The van der Waals surface area contributed by atoms with Crippen molar-refractivity contribution in [3.8, 4) is 5.75 Å². The van der Waals surface area contributed by atoms with Gasteiger partial charge >= 0.3 is 5.97 Å². The molecule has 0 aliphatic carbocycles. The van der Waals surface area contributed by atoms with Crippen molar-refractivity contribution < 1.29 is 19.4 Å². The van der Waals surface area contributed by atoms with Crippen LogP contribution in [0, 0.1) is 0 Å². The molecule has 0 saturated carbocycles. The SMILES string of the molecule is CN1CCC(Oc2c(Cl)cccc2/C=C/C(=O)O)C1=O. The van der Waals surface area contributed by atoms with Crippen molar-refractivity contribution in [2.75, 3.05) is 13.6 Å². The first-order chi connectivity index (χ1) is 9.49. The minimum Gasteiger partial charge on any atom is -0.478 e. The fourth-order valence-corrected chi connectivity index (χ4v) is 2.21. The maximum absolute atomic E-state index is 11.8. The van der Waals surface area contributed by atoms with E-state index in [1.807, 2.05) is 0 Å². The molecule has 1 saturated heterocycles. The van der Waals surface area contributed by atoms with Crippen molar-refractivity contribution in [1.82, 2.24) is 4.90 Å². The van der Waals surface area contributed by atoms with Gasteiger partial charge in [-0.15, -0.1) is 0 Å². The van der Waals surface area contributed by atoms with Crippen molar-refractivity contribution in [1.29, 1.82) is 0 Å². The second-order valence-electron chi connectivity index (χ2n) is 4.48. The van der Waals surface area contributed by atoms with Crippen LogP contribution in [0.5, 0.6) is 5.75 Å². The van der Waals surface area contributed by atoms with Crippen molar-refractivity contribution in [3.63, 3.8) is 0 Å². The fraction of sp³-hybridized carbons (Fsp3) is 0.286. The van der Waals surface area contributed by atoms with Gasteiger partial charge in [0.05, 0.1) is 5.02 Å². The van der Waals surface area contributed by atoms with Crippen molar-refractivity contribution >= 4 is 29.6 Å². The predicted molar refractivity (Wildman–Crippen MR) is 74.8 cm³/mol. The molecule has 1 aliphatic rings. The molecule has 0 bridgehead atoms. The number of aliphatic carboxylic acids is 1. The molecule has 20 heavy (non-hydrogen) atoms. The van der Waals surface area contributed by atoms with Crippen LogP contribution in [0.1, 0.15) is 12.0 Å². The van der Waals surface area contributed by atoms with Gasteiger partial charge < -0.3 is 14.7 Å². The van der Waals surface area contributed by atoms with Crippen LogP contribution < -0.4 is 4.74 Å². The third kappa shape index (κ3) is 3.11. The number of nitrogens with zero attached hydrogens (tertiary/aromatic N) is 1. The highest BCUT2D eigenvalue weighted by atomic mass is 35.5. The number of carbonyl (C=O) groups excluding carboxylic acids is 1. The molecule has 1 atom stereocenters. The number of halogens is 1. The Labute approximate surface area is 121 Å². The number of amides is 1. The molecule has 1 aromatic carbocycles. The Morgan fingerprint density at radius 3 is 2.90 bits per heavy atom. The highest BCUT2D eigenvalue weighted by Crippen LogP contribution is 2.32. The van der Waals surface area contributed by atoms with E-state index in [0.29, 0.717) is 29.3 Å². The molecule has 1 fully saturated rings. The number of ether oxygens (including phenoxy) is 1. The van der Waals surface area contributed by atoms with Gasteiger partial charge in [-0.2, -0.15) is 0 Å². The molecule has 1 aliphatic heterocycles. The van der Waals surface area contributed by atoms with Gasteiger partial charge in [0.2, 0.25) is 0 Å². The molecule has 1 N–H and O–H groups in total. The van der Waals surface area contributed by atoms with Crippen LogP contribution in [0.3, 0.4) is 0 Å². The number of rotatable bonds is 4. The first kappa shape index (κ1) is 14.4. The molecule has 0 radical (unpaired) electrons. The number of carbonyl (C=O) groups is 2. The lowest BCUT2D eigenvalue weighted by Gasteiger charge is -2.16. The summed E-state index contributed by atoms with van der Waals surface area (Å²) in [5, 5.41) is 9.02. The third-order valence-corrected chi connectivity index (χ3v) is 3.34. The van der Waals surface area contributed by atoms with Crippen LogP contribution >= 0.6 is 11.6 Å². The van der Waals surface area contributed by atoms with Gasteiger partial charge in [-0.25, -0.2) is 4.79 Å². The summed E-state index contributed by atoms with van der Waals surface area (Å²) in [6, 6.07) is 5.02. The van der Waals surface area contributed by atoms with Gasteiger partial charge in [-0.1, -0.05) is 23.7 Å². The summed E-state index contributed by atoms with van der Waals surface area (Å²) >= 11 is 6.08. The van der Waals surface area contributed by atoms with Gasteiger partial charge in [0.25, 0.3) is 5.91 Å². The summed E-state index contributed by atoms with van der Waals surface area (Å²) in [4.78, 5) is 24.0. The van der Waals surface area contributed by atoms with Gasteiger partial charge in [0, 0.05) is 31.7 Å². The van der Waals surface area contributed by atoms with E-state index in [9.17, 15) is 9.59 Å². The molecule has 1 unspecified atom stereocenters. The molecule has 0 spiro atoms. The summed E-state index contributed by atoms with van der Waals surface area (Å²) < 4.78 is 5.68. The molecule has 6 heteroatoms. The van der Waals surface area contributed by atoms with Gasteiger partial charge in [-0.05, 0) is 12.1 Å². The second kappa shape index (κ2) is 5.96.